The average molecular weight is 314 g/mol. The molecule has 0 spiro atoms. The number of nitrogens with zero attached hydrogens (tertiary/aromatic N) is 1. The molecule has 23 heavy (non-hydrogen) atoms. The highest BCUT2D eigenvalue weighted by molar-refractivity contribution is 5.32. The predicted octanol–water partition coefficient (Wildman–Crippen LogP) is 3.31. The van der Waals surface area contributed by atoms with Crippen LogP contribution in [0, 0.1) is 5.92 Å². The number of hydrogen-bond donors (Lipinski definition) is 1. The second kappa shape index (κ2) is 7.66. The van der Waals surface area contributed by atoms with Gasteiger partial charge < -0.3 is 19.4 Å². The molecule has 0 bridgehead atoms. The van der Waals surface area contributed by atoms with Crippen LogP contribution in [0.15, 0.2) is 47.1 Å². The molecule has 2 heterocycles. The fraction of sp³-hybridized carbons (Fsp3) is 0.474. The summed E-state index contributed by atoms with van der Waals surface area (Å²) >= 11 is 0. The summed E-state index contributed by atoms with van der Waals surface area (Å²) in [6.45, 7) is 3.41. The van der Waals surface area contributed by atoms with Crippen LogP contribution in [0.5, 0.6) is 5.75 Å². The Labute approximate surface area is 138 Å². The highest BCUT2D eigenvalue weighted by Gasteiger charge is 2.21. The molecule has 1 aromatic carbocycles. The highest BCUT2D eigenvalue weighted by Crippen LogP contribution is 2.25. The van der Waals surface area contributed by atoms with Gasteiger partial charge in [-0.25, -0.2) is 0 Å². The van der Waals surface area contributed by atoms with Gasteiger partial charge in [0.25, 0.3) is 0 Å². The van der Waals surface area contributed by atoms with Crippen molar-refractivity contribution in [3.63, 3.8) is 0 Å². The van der Waals surface area contributed by atoms with Gasteiger partial charge in [-0.2, -0.15) is 0 Å². The molecule has 1 atom stereocenters. The van der Waals surface area contributed by atoms with Crippen LogP contribution in [0.4, 0.5) is 0 Å². The first-order valence-corrected chi connectivity index (χ1v) is 8.35. The molecule has 1 aliphatic rings. The van der Waals surface area contributed by atoms with E-state index in [0.717, 1.165) is 24.0 Å². The van der Waals surface area contributed by atoms with Crippen LogP contribution in [0.1, 0.15) is 30.2 Å². The van der Waals surface area contributed by atoms with Gasteiger partial charge in [0.15, 0.2) is 0 Å². The van der Waals surface area contributed by atoms with Gasteiger partial charge in [0.1, 0.15) is 11.5 Å². The van der Waals surface area contributed by atoms with Gasteiger partial charge in [0, 0.05) is 0 Å². The molecular weight excluding hydrogens is 288 g/mol. The minimum atomic E-state index is 0.0931. The van der Waals surface area contributed by atoms with E-state index < -0.39 is 0 Å². The van der Waals surface area contributed by atoms with E-state index >= 15 is 0 Å². The summed E-state index contributed by atoms with van der Waals surface area (Å²) in [7, 11) is 3.89. The smallest absolute Gasteiger partial charge is 0.125 e. The fourth-order valence-corrected chi connectivity index (χ4v) is 3.19. The first-order chi connectivity index (χ1) is 11.3. The van der Waals surface area contributed by atoms with Crippen molar-refractivity contribution in [1.29, 1.82) is 0 Å². The fourth-order valence-electron chi connectivity index (χ4n) is 3.19. The lowest BCUT2D eigenvalue weighted by molar-refractivity contribution is 0.213. The molecule has 1 N–H and O–H groups in total. The van der Waals surface area contributed by atoms with Gasteiger partial charge in [-0.15, -0.1) is 0 Å². The van der Waals surface area contributed by atoms with Crippen LogP contribution in [0.2, 0.25) is 0 Å². The van der Waals surface area contributed by atoms with E-state index in [0.29, 0.717) is 0 Å². The maximum Gasteiger partial charge on any atom is 0.125 e. The second-order valence-electron chi connectivity index (χ2n) is 6.38. The van der Waals surface area contributed by atoms with Crippen molar-refractivity contribution in [2.24, 2.45) is 5.92 Å². The van der Waals surface area contributed by atoms with E-state index in [1.54, 1.807) is 13.4 Å². The molecule has 2 aromatic rings. The molecule has 1 fully saturated rings. The number of nitrogens with one attached hydrogen (secondary N) is 1. The molecule has 1 aliphatic heterocycles. The lowest BCUT2D eigenvalue weighted by Crippen LogP contribution is -2.36. The number of likely N-dealkylation sites (tertiary alicyclic amines) is 1. The van der Waals surface area contributed by atoms with E-state index in [1.807, 2.05) is 24.3 Å². The zero-order valence-electron chi connectivity index (χ0n) is 14.0. The molecule has 1 aromatic heterocycles. The molecule has 0 amide bonds. The van der Waals surface area contributed by atoms with Gasteiger partial charge in [-0.3, -0.25) is 0 Å². The Balaban J connectivity index is 1.68. The zero-order valence-corrected chi connectivity index (χ0v) is 14.0. The molecule has 4 heteroatoms. The minimum Gasteiger partial charge on any atom is -0.497 e. The van der Waals surface area contributed by atoms with E-state index in [9.17, 15) is 0 Å². The summed E-state index contributed by atoms with van der Waals surface area (Å²) in [6.07, 6.45) is 4.26. The molecule has 1 saturated heterocycles. The quantitative estimate of drug-likeness (QED) is 0.888. The van der Waals surface area contributed by atoms with Crippen molar-refractivity contribution in [1.82, 2.24) is 10.2 Å². The molecule has 4 nitrogen and oxygen atoms in total. The van der Waals surface area contributed by atoms with Crippen LogP contribution in [-0.4, -0.2) is 38.7 Å². The first kappa shape index (κ1) is 16.1. The maximum atomic E-state index is 5.66. The topological polar surface area (TPSA) is 37.6 Å². The van der Waals surface area contributed by atoms with Crippen LogP contribution in [0.3, 0.4) is 0 Å². The summed E-state index contributed by atoms with van der Waals surface area (Å²) in [5.74, 6) is 2.58. The number of hydrogen-bond acceptors (Lipinski definition) is 4. The second-order valence-corrected chi connectivity index (χ2v) is 6.38. The predicted molar refractivity (Wildman–Crippen MR) is 91.8 cm³/mol. The van der Waals surface area contributed by atoms with Gasteiger partial charge in [-0.05, 0) is 75.3 Å². The molecule has 124 valence electrons. The summed E-state index contributed by atoms with van der Waals surface area (Å²) in [5.41, 5.74) is 1.20. The highest BCUT2D eigenvalue weighted by atomic mass is 16.5. The Hall–Kier alpha value is -1.78. The SMILES string of the molecule is COc1ccc([C@H](NCC2CCN(C)CC2)c2ccco2)cc1. The Bertz CT molecular complexity index is 572. The van der Waals surface area contributed by atoms with Crippen LogP contribution < -0.4 is 10.1 Å². The van der Waals surface area contributed by atoms with Gasteiger partial charge >= 0.3 is 0 Å². The third kappa shape index (κ3) is 4.15. The number of furan rings is 1. The van der Waals surface area contributed by atoms with Crippen LogP contribution >= 0.6 is 0 Å². The number of ether oxygens (including phenoxy) is 1. The van der Waals surface area contributed by atoms with Crippen LogP contribution in [0.25, 0.3) is 0 Å². The lowest BCUT2D eigenvalue weighted by Gasteiger charge is -2.30. The molecule has 0 radical (unpaired) electrons. The van der Waals surface area contributed by atoms with Gasteiger partial charge in [-0.1, -0.05) is 12.1 Å². The molecule has 0 aliphatic carbocycles. The Morgan fingerprint density at radius 2 is 1.96 bits per heavy atom. The number of rotatable bonds is 6. The van der Waals surface area contributed by atoms with Crippen molar-refractivity contribution in [2.75, 3.05) is 33.8 Å². The average Bonchev–Trinajstić information content (AvgIpc) is 3.12. The summed E-state index contributed by atoms with van der Waals surface area (Å²) in [6, 6.07) is 12.3. The molecule has 0 saturated carbocycles. The lowest BCUT2D eigenvalue weighted by atomic mass is 9.96. The van der Waals surface area contributed by atoms with Crippen molar-refractivity contribution in [3.8, 4) is 5.75 Å². The largest absolute Gasteiger partial charge is 0.497 e. The molecule has 0 unspecified atom stereocenters. The monoisotopic (exact) mass is 314 g/mol. The summed E-state index contributed by atoms with van der Waals surface area (Å²) < 4.78 is 10.9. The Morgan fingerprint density at radius 1 is 1.22 bits per heavy atom. The third-order valence-electron chi connectivity index (χ3n) is 4.73. The van der Waals surface area contributed by atoms with E-state index in [2.05, 4.69) is 29.4 Å². The van der Waals surface area contributed by atoms with Gasteiger partial charge in [0.2, 0.25) is 0 Å². The number of methoxy groups -OCH3 is 1. The Morgan fingerprint density at radius 3 is 2.57 bits per heavy atom. The summed E-state index contributed by atoms with van der Waals surface area (Å²) in [5, 5.41) is 3.71. The molecular formula is C19H26N2O2. The maximum absolute atomic E-state index is 5.66. The number of piperidine rings is 1. The first-order valence-electron chi connectivity index (χ1n) is 8.35. The van der Waals surface area contributed by atoms with Crippen molar-refractivity contribution >= 4 is 0 Å². The van der Waals surface area contributed by atoms with Crippen molar-refractivity contribution < 1.29 is 9.15 Å². The number of benzene rings is 1. The third-order valence-corrected chi connectivity index (χ3v) is 4.73. The minimum absolute atomic E-state index is 0.0931. The molecule has 3 rings (SSSR count). The zero-order chi connectivity index (χ0) is 16.1. The van der Waals surface area contributed by atoms with E-state index in [4.69, 9.17) is 9.15 Å². The summed E-state index contributed by atoms with van der Waals surface area (Å²) in [4.78, 5) is 2.41. The van der Waals surface area contributed by atoms with Crippen molar-refractivity contribution in [3.05, 3.63) is 54.0 Å². The van der Waals surface area contributed by atoms with E-state index in [-0.39, 0.29) is 6.04 Å². The van der Waals surface area contributed by atoms with E-state index in [1.165, 1.54) is 31.5 Å². The van der Waals surface area contributed by atoms with Crippen molar-refractivity contribution in [2.45, 2.75) is 18.9 Å². The standard InChI is InChI=1S/C19H26N2O2/c1-21-11-9-15(10-12-21)14-20-19(18-4-3-13-23-18)16-5-7-17(22-2)8-6-16/h3-8,13,15,19-20H,9-12,14H2,1-2H3/t19-/m0/s1. The van der Waals surface area contributed by atoms with Gasteiger partial charge in [0.05, 0.1) is 19.4 Å². The Kier molecular flexibility index (Phi) is 5.36. The normalized spacial score (nSPS) is 18.0. The van der Waals surface area contributed by atoms with Crippen LogP contribution in [-0.2, 0) is 0 Å².